The molecule has 1 heterocycles. The van der Waals surface area contributed by atoms with Crippen LogP contribution in [0.2, 0.25) is 0 Å². The van der Waals surface area contributed by atoms with Gasteiger partial charge in [0.15, 0.2) is 4.34 Å². The Morgan fingerprint density at radius 2 is 1.96 bits per heavy atom. The number of carbonyl (C=O) groups excluding carboxylic acids is 1. The van der Waals surface area contributed by atoms with Crippen molar-refractivity contribution in [1.82, 2.24) is 10.2 Å². The molecule has 24 heavy (non-hydrogen) atoms. The van der Waals surface area contributed by atoms with E-state index in [0.717, 1.165) is 0 Å². The maximum absolute atomic E-state index is 12.1. The van der Waals surface area contributed by atoms with Gasteiger partial charge in [-0.05, 0) is 31.2 Å². The van der Waals surface area contributed by atoms with Crippen LogP contribution < -0.4 is 10.1 Å². The SMILES string of the molecule is COC(=O)[C@@H](C)Sc1nnc(Nc2ccc(OC(F)(F)F)cc2)s1. The van der Waals surface area contributed by atoms with Crippen molar-refractivity contribution < 1.29 is 27.4 Å². The summed E-state index contributed by atoms with van der Waals surface area (Å²) in [6.07, 6.45) is -4.73. The van der Waals surface area contributed by atoms with Gasteiger partial charge in [-0.3, -0.25) is 4.79 Å². The lowest BCUT2D eigenvalue weighted by Gasteiger charge is -2.09. The van der Waals surface area contributed by atoms with Crippen LogP contribution in [0.3, 0.4) is 0 Å². The molecule has 0 saturated carbocycles. The van der Waals surface area contributed by atoms with E-state index in [4.69, 9.17) is 0 Å². The summed E-state index contributed by atoms with van der Waals surface area (Å²) in [5.41, 5.74) is 0.526. The molecule has 130 valence electrons. The minimum Gasteiger partial charge on any atom is -0.468 e. The zero-order chi connectivity index (χ0) is 17.7. The van der Waals surface area contributed by atoms with E-state index in [1.807, 2.05) is 0 Å². The van der Waals surface area contributed by atoms with E-state index in [1.54, 1.807) is 6.92 Å². The Kier molecular flexibility index (Phi) is 5.89. The number of rotatable bonds is 6. The average molecular weight is 379 g/mol. The van der Waals surface area contributed by atoms with Crippen LogP contribution >= 0.6 is 23.1 Å². The molecule has 0 spiro atoms. The fraction of sp³-hybridized carbons (Fsp3) is 0.308. The van der Waals surface area contributed by atoms with Gasteiger partial charge in [0.1, 0.15) is 11.0 Å². The summed E-state index contributed by atoms with van der Waals surface area (Å²) in [7, 11) is 1.30. The summed E-state index contributed by atoms with van der Waals surface area (Å²) in [6, 6.07) is 5.22. The minimum atomic E-state index is -4.73. The monoisotopic (exact) mass is 379 g/mol. The number of aromatic nitrogens is 2. The Bertz CT molecular complexity index is 692. The number of hydrogen-bond acceptors (Lipinski definition) is 8. The van der Waals surface area contributed by atoms with Crippen molar-refractivity contribution in [3.05, 3.63) is 24.3 Å². The summed E-state index contributed by atoms with van der Waals surface area (Å²) in [6.45, 7) is 1.68. The van der Waals surface area contributed by atoms with Crippen molar-refractivity contribution in [2.75, 3.05) is 12.4 Å². The van der Waals surface area contributed by atoms with Crippen LogP contribution in [-0.2, 0) is 9.53 Å². The van der Waals surface area contributed by atoms with Gasteiger partial charge in [-0.15, -0.1) is 23.4 Å². The van der Waals surface area contributed by atoms with E-state index < -0.39 is 11.6 Å². The van der Waals surface area contributed by atoms with Gasteiger partial charge in [0.05, 0.1) is 7.11 Å². The third-order valence-corrected chi connectivity index (χ3v) is 4.56. The topological polar surface area (TPSA) is 73.3 Å². The number of thioether (sulfide) groups is 1. The first-order valence-electron chi connectivity index (χ1n) is 6.47. The van der Waals surface area contributed by atoms with E-state index in [0.29, 0.717) is 15.2 Å². The number of hydrogen-bond donors (Lipinski definition) is 1. The molecule has 0 radical (unpaired) electrons. The number of alkyl halides is 3. The first-order valence-corrected chi connectivity index (χ1v) is 8.17. The predicted octanol–water partition coefficient (Wildman–Crippen LogP) is 3.83. The fourth-order valence-corrected chi connectivity index (χ4v) is 3.48. The molecule has 6 nitrogen and oxygen atoms in total. The Morgan fingerprint density at radius 1 is 1.29 bits per heavy atom. The third kappa shape index (κ3) is 5.57. The average Bonchev–Trinajstić information content (AvgIpc) is 2.94. The number of anilines is 2. The van der Waals surface area contributed by atoms with Gasteiger partial charge in [-0.1, -0.05) is 23.1 Å². The van der Waals surface area contributed by atoms with Gasteiger partial charge >= 0.3 is 12.3 Å². The molecule has 1 aromatic carbocycles. The molecular weight excluding hydrogens is 367 g/mol. The van der Waals surface area contributed by atoms with Crippen LogP contribution in [0.15, 0.2) is 28.6 Å². The van der Waals surface area contributed by atoms with Gasteiger partial charge in [-0.25, -0.2) is 0 Å². The van der Waals surface area contributed by atoms with Gasteiger partial charge in [0, 0.05) is 5.69 Å². The molecule has 0 saturated heterocycles. The van der Waals surface area contributed by atoms with E-state index in [9.17, 15) is 18.0 Å². The van der Waals surface area contributed by atoms with Crippen molar-refractivity contribution in [2.45, 2.75) is 22.9 Å². The maximum atomic E-state index is 12.1. The molecule has 11 heteroatoms. The zero-order valence-electron chi connectivity index (χ0n) is 12.5. The molecule has 0 amide bonds. The highest BCUT2D eigenvalue weighted by Gasteiger charge is 2.30. The molecule has 1 N–H and O–H groups in total. The predicted molar refractivity (Wildman–Crippen MR) is 83.7 cm³/mol. The van der Waals surface area contributed by atoms with E-state index in [1.165, 1.54) is 54.5 Å². The van der Waals surface area contributed by atoms with Gasteiger partial charge < -0.3 is 14.8 Å². The van der Waals surface area contributed by atoms with Crippen LogP contribution in [0.4, 0.5) is 24.0 Å². The number of halogens is 3. The summed E-state index contributed by atoms with van der Waals surface area (Å²) in [4.78, 5) is 11.4. The van der Waals surface area contributed by atoms with Crippen molar-refractivity contribution in [3.8, 4) is 5.75 Å². The Labute approximate surface area is 143 Å². The second kappa shape index (κ2) is 7.71. The standard InChI is InChI=1S/C13H12F3N3O3S2/c1-7(10(20)21-2)23-12-19-18-11(24-12)17-8-3-5-9(6-4-8)22-13(14,15)16/h3-7H,1-2H3,(H,17,18)/t7-/m1/s1. The molecule has 1 atom stereocenters. The van der Waals surface area contributed by atoms with E-state index in [2.05, 4.69) is 25.0 Å². The van der Waals surface area contributed by atoms with E-state index >= 15 is 0 Å². The molecule has 0 unspecified atom stereocenters. The van der Waals surface area contributed by atoms with Crippen molar-refractivity contribution in [1.29, 1.82) is 0 Å². The Morgan fingerprint density at radius 3 is 2.54 bits per heavy atom. The molecule has 0 aliphatic carbocycles. The van der Waals surface area contributed by atoms with E-state index in [-0.39, 0.29) is 11.7 Å². The highest BCUT2D eigenvalue weighted by Crippen LogP contribution is 2.31. The first-order chi connectivity index (χ1) is 11.3. The van der Waals surface area contributed by atoms with Crippen LogP contribution in [-0.4, -0.2) is 34.9 Å². The Hall–Kier alpha value is -2.01. The molecular formula is C13H12F3N3O3S2. The first kappa shape index (κ1) is 18.3. The van der Waals surface area contributed by atoms with Crippen LogP contribution in [0.1, 0.15) is 6.92 Å². The molecule has 2 aromatic rings. The molecule has 0 bridgehead atoms. The van der Waals surface area contributed by atoms with Gasteiger partial charge in [0.2, 0.25) is 5.13 Å². The molecule has 0 aliphatic heterocycles. The zero-order valence-corrected chi connectivity index (χ0v) is 14.1. The number of nitrogens with one attached hydrogen (secondary N) is 1. The lowest BCUT2D eigenvalue weighted by molar-refractivity contribution is -0.274. The molecule has 2 rings (SSSR count). The normalized spacial score (nSPS) is 12.5. The third-order valence-electron chi connectivity index (χ3n) is 2.56. The number of benzene rings is 1. The second-order valence-corrected chi connectivity index (χ2v) is 6.92. The van der Waals surface area contributed by atoms with Crippen molar-refractivity contribution in [3.63, 3.8) is 0 Å². The summed E-state index contributed by atoms with van der Waals surface area (Å²) >= 11 is 2.41. The molecule has 0 fully saturated rings. The largest absolute Gasteiger partial charge is 0.573 e. The van der Waals surface area contributed by atoms with Crippen LogP contribution in [0.25, 0.3) is 0 Å². The highest BCUT2D eigenvalue weighted by atomic mass is 32.2. The molecule has 0 aliphatic rings. The van der Waals surface area contributed by atoms with Gasteiger partial charge in [0.25, 0.3) is 0 Å². The number of esters is 1. The lowest BCUT2D eigenvalue weighted by atomic mass is 10.3. The fourth-order valence-electron chi connectivity index (χ4n) is 1.54. The van der Waals surface area contributed by atoms with Crippen molar-refractivity contribution >= 4 is 39.9 Å². The summed E-state index contributed by atoms with van der Waals surface area (Å²) < 4.78 is 45.2. The molecule has 1 aromatic heterocycles. The Balaban J connectivity index is 1.96. The number of nitrogens with zero attached hydrogens (tertiary/aromatic N) is 2. The highest BCUT2D eigenvalue weighted by molar-refractivity contribution is 8.02. The lowest BCUT2D eigenvalue weighted by Crippen LogP contribution is -2.16. The quantitative estimate of drug-likeness (QED) is 0.604. The number of ether oxygens (including phenoxy) is 2. The van der Waals surface area contributed by atoms with Gasteiger partial charge in [-0.2, -0.15) is 0 Å². The van der Waals surface area contributed by atoms with Crippen LogP contribution in [0.5, 0.6) is 5.75 Å². The summed E-state index contributed by atoms with van der Waals surface area (Å²) in [5.74, 6) is -0.682. The smallest absolute Gasteiger partial charge is 0.468 e. The minimum absolute atomic E-state index is 0.312. The number of carbonyl (C=O) groups is 1. The second-order valence-electron chi connectivity index (χ2n) is 4.35. The summed E-state index contributed by atoms with van der Waals surface area (Å²) in [5, 5.41) is 10.8. The van der Waals surface area contributed by atoms with Crippen LogP contribution in [0, 0.1) is 0 Å². The van der Waals surface area contributed by atoms with Crippen molar-refractivity contribution in [2.24, 2.45) is 0 Å². The maximum Gasteiger partial charge on any atom is 0.573 e. The number of methoxy groups -OCH3 is 1.